The standard InChI is InChI=1S/C19H20N2O4/c1-13-3-2-4-17(18(13)21(24)25)19(23)20-11-9-15(10-12-20)14-5-7-16(22)8-6-14/h2-8,15,22H,9-12H2,1H3. The SMILES string of the molecule is Cc1cccc(C(=O)N2CCC(c3ccc(O)cc3)CC2)c1[N+](=O)[O-]. The summed E-state index contributed by atoms with van der Waals surface area (Å²) in [6, 6.07) is 12.0. The molecule has 0 spiro atoms. The summed E-state index contributed by atoms with van der Waals surface area (Å²) in [4.78, 5) is 25.3. The van der Waals surface area contributed by atoms with Crippen LogP contribution in [0, 0.1) is 17.0 Å². The van der Waals surface area contributed by atoms with E-state index in [-0.39, 0.29) is 22.9 Å². The molecule has 1 saturated heterocycles. The normalized spacial score (nSPS) is 15.2. The van der Waals surface area contributed by atoms with Crippen LogP contribution in [0.3, 0.4) is 0 Å². The molecule has 0 aromatic heterocycles. The fraction of sp³-hybridized carbons (Fsp3) is 0.316. The molecular formula is C19H20N2O4. The Bertz CT molecular complexity index is 794. The smallest absolute Gasteiger partial charge is 0.285 e. The van der Waals surface area contributed by atoms with Gasteiger partial charge in [-0.15, -0.1) is 0 Å². The summed E-state index contributed by atoms with van der Waals surface area (Å²) in [5.41, 5.74) is 1.70. The van der Waals surface area contributed by atoms with Crippen LogP contribution in [0.4, 0.5) is 5.69 Å². The third-order valence-corrected chi connectivity index (χ3v) is 4.80. The molecule has 0 unspecified atom stereocenters. The zero-order chi connectivity index (χ0) is 18.0. The number of carbonyl (C=O) groups excluding carboxylic acids is 1. The van der Waals surface area contributed by atoms with Crippen molar-refractivity contribution in [2.45, 2.75) is 25.7 Å². The molecule has 6 heteroatoms. The predicted octanol–water partition coefficient (Wildman–Crippen LogP) is 3.63. The number of para-hydroxylation sites is 1. The van der Waals surface area contributed by atoms with Crippen LogP contribution in [0.25, 0.3) is 0 Å². The van der Waals surface area contributed by atoms with Crippen molar-refractivity contribution in [2.75, 3.05) is 13.1 Å². The Balaban J connectivity index is 1.73. The minimum Gasteiger partial charge on any atom is -0.508 e. The second-order valence-corrected chi connectivity index (χ2v) is 6.39. The number of phenolic OH excluding ortho intramolecular Hbond substituents is 1. The molecule has 2 aromatic rings. The fourth-order valence-electron chi connectivity index (χ4n) is 3.41. The highest BCUT2D eigenvalue weighted by Gasteiger charge is 2.29. The maximum atomic E-state index is 12.8. The second kappa shape index (κ2) is 6.93. The van der Waals surface area contributed by atoms with E-state index in [1.54, 1.807) is 36.1 Å². The van der Waals surface area contributed by atoms with Gasteiger partial charge in [0.25, 0.3) is 11.6 Å². The zero-order valence-corrected chi connectivity index (χ0v) is 14.0. The molecule has 0 saturated carbocycles. The van der Waals surface area contributed by atoms with E-state index in [4.69, 9.17) is 0 Å². The van der Waals surface area contributed by atoms with Crippen molar-refractivity contribution in [1.29, 1.82) is 0 Å². The van der Waals surface area contributed by atoms with Crippen LogP contribution in [0.1, 0.15) is 40.2 Å². The molecule has 2 aromatic carbocycles. The van der Waals surface area contributed by atoms with E-state index in [1.165, 1.54) is 6.07 Å². The van der Waals surface area contributed by atoms with Gasteiger partial charge in [0.2, 0.25) is 0 Å². The van der Waals surface area contributed by atoms with Gasteiger partial charge in [0.1, 0.15) is 11.3 Å². The Labute approximate surface area is 145 Å². The molecule has 1 aliphatic heterocycles. The number of carbonyl (C=O) groups is 1. The number of nitro groups is 1. The van der Waals surface area contributed by atoms with E-state index in [0.717, 1.165) is 18.4 Å². The molecule has 6 nitrogen and oxygen atoms in total. The Morgan fingerprint density at radius 3 is 2.40 bits per heavy atom. The summed E-state index contributed by atoms with van der Waals surface area (Å²) in [5.74, 6) is 0.292. The largest absolute Gasteiger partial charge is 0.508 e. The van der Waals surface area contributed by atoms with Crippen LogP contribution in [-0.2, 0) is 0 Å². The number of likely N-dealkylation sites (tertiary alicyclic amines) is 1. The lowest BCUT2D eigenvalue weighted by molar-refractivity contribution is -0.385. The molecule has 1 fully saturated rings. The van der Waals surface area contributed by atoms with Gasteiger partial charge in [0.15, 0.2) is 0 Å². The van der Waals surface area contributed by atoms with Crippen LogP contribution in [0.15, 0.2) is 42.5 Å². The minimum absolute atomic E-state index is 0.104. The number of aromatic hydroxyl groups is 1. The lowest BCUT2D eigenvalue weighted by Gasteiger charge is -2.32. The van der Waals surface area contributed by atoms with E-state index in [9.17, 15) is 20.0 Å². The number of aryl methyl sites for hydroxylation is 1. The first-order valence-electron chi connectivity index (χ1n) is 8.29. The number of nitro benzene ring substituents is 1. The Kier molecular flexibility index (Phi) is 4.70. The van der Waals surface area contributed by atoms with E-state index >= 15 is 0 Å². The number of hydrogen-bond acceptors (Lipinski definition) is 4. The second-order valence-electron chi connectivity index (χ2n) is 6.39. The van der Waals surface area contributed by atoms with Gasteiger partial charge in [-0.25, -0.2) is 0 Å². The van der Waals surface area contributed by atoms with Gasteiger partial charge in [0.05, 0.1) is 4.92 Å². The molecule has 1 N–H and O–H groups in total. The van der Waals surface area contributed by atoms with Crippen LogP contribution in [-0.4, -0.2) is 33.9 Å². The van der Waals surface area contributed by atoms with Gasteiger partial charge in [-0.1, -0.05) is 24.3 Å². The molecule has 0 aliphatic carbocycles. The third kappa shape index (κ3) is 3.47. The maximum absolute atomic E-state index is 12.8. The van der Waals surface area contributed by atoms with Crippen LogP contribution in [0.5, 0.6) is 5.75 Å². The van der Waals surface area contributed by atoms with Gasteiger partial charge >= 0.3 is 0 Å². The molecule has 1 amide bonds. The Morgan fingerprint density at radius 2 is 1.80 bits per heavy atom. The highest BCUT2D eigenvalue weighted by molar-refractivity contribution is 5.98. The van der Waals surface area contributed by atoms with Crippen LogP contribution in [0.2, 0.25) is 0 Å². The van der Waals surface area contributed by atoms with Gasteiger partial charge in [0, 0.05) is 18.7 Å². The number of phenols is 1. The number of piperidine rings is 1. The number of amides is 1. The molecule has 130 valence electrons. The quantitative estimate of drug-likeness (QED) is 0.683. The van der Waals surface area contributed by atoms with Crippen molar-refractivity contribution in [3.05, 3.63) is 69.3 Å². The first kappa shape index (κ1) is 17.0. The molecule has 0 bridgehead atoms. The summed E-state index contributed by atoms with van der Waals surface area (Å²) < 4.78 is 0. The first-order valence-corrected chi connectivity index (χ1v) is 8.29. The van der Waals surface area contributed by atoms with Crippen molar-refractivity contribution in [1.82, 2.24) is 4.90 Å². The molecule has 25 heavy (non-hydrogen) atoms. The van der Waals surface area contributed by atoms with Crippen molar-refractivity contribution >= 4 is 11.6 Å². The average molecular weight is 340 g/mol. The topological polar surface area (TPSA) is 83.7 Å². The number of benzene rings is 2. The van der Waals surface area contributed by atoms with Gasteiger partial charge in [-0.05, 0) is 49.4 Å². The lowest BCUT2D eigenvalue weighted by Crippen LogP contribution is -2.38. The van der Waals surface area contributed by atoms with Gasteiger partial charge < -0.3 is 10.0 Å². The summed E-state index contributed by atoms with van der Waals surface area (Å²) in [5, 5.41) is 20.7. The van der Waals surface area contributed by atoms with Crippen LogP contribution >= 0.6 is 0 Å². The van der Waals surface area contributed by atoms with Gasteiger partial charge in [-0.3, -0.25) is 14.9 Å². The molecule has 0 radical (unpaired) electrons. The maximum Gasteiger partial charge on any atom is 0.285 e. The zero-order valence-electron chi connectivity index (χ0n) is 14.0. The molecule has 1 aliphatic rings. The number of rotatable bonds is 3. The first-order chi connectivity index (χ1) is 12.0. The van der Waals surface area contributed by atoms with E-state index in [1.807, 2.05) is 12.1 Å². The third-order valence-electron chi connectivity index (χ3n) is 4.80. The minimum atomic E-state index is -0.480. The molecule has 1 heterocycles. The van der Waals surface area contributed by atoms with Gasteiger partial charge in [-0.2, -0.15) is 0 Å². The molecular weight excluding hydrogens is 320 g/mol. The average Bonchev–Trinajstić information content (AvgIpc) is 2.61. The highest BCUT2D eigenvalue weighted by atomic mass is 16.6. The highest BCUT2D eigenvalue weighted by Crippen LogP contribution is 2.31. The Hall–Kier alpha value is -2.89. The summed E-state index contributed by atoms with van der Waals surface area (Å²) in [6.07, 6.45) is 1.60. The van der Waals surface area contributed by atoms with Crippen molar-refractivity contribution in [3.63, 3.8) is 0 Å². The van der Waals surface area contributed by atoms with Crippen molar-refractivity contribution in [3.8, 4) is 5.75 Å². The predicted molar refractivity (Wildman–Crippen MR) is 93.8 cm³/mol. The summed E-state index contributed by atoms with van der Waals surface area (Å²) in [6.45, 7) is 2.77. The lowest BCUT2D eigenvalue weighted by atomic mass is 9.89. The van der Waals surface area contributed by atoms with Crippen molar-refractivity contribution in [2.24, 2.45) is 0 Å². The van der Waals surface area contributed by atoms with E-state index < -0.39 is 4.92 Å². The van der Waals surface area contributed by atoms with E-state index in [2.05, 4.69) is 0 Å². The Morgan fingerprint density at radius 1 is 1.16 bits per heavy atom. The van der Waals surface area contributed by atoms with Crippen molar-refractivity contribution < 1.29 is 14.8 Å². The fourth-order valence-corrected chi connectivity index (χ4v) is 3.41. The molecule has 3 rings (SSSR count). The summed E-state index contributed by atoms with van der Waals surface area (Å²) >= 11 is 0. The summed E-state index contributed by atoms with van der Waals surface area (Å²) in [7, 11) is 0. The number of nitrogens with zero attached hydrogens (tertiary/aromatic N) is 2. The van der Waals surface area contributed by atoms with E-state index in [0.29, 0.717) is 24.6 Å². The monoisotopic (exact) mass is 340 g/mol. The molecule has 0 atom stereocenters. The number of hydrogen-bond donors (Lipinski definition) is 1. The van der Waals surface area contributed by atoms with Crippen LogP contribution < -0.4 is 0 Å².